The lowest BCUT2D eigenvalue weighted by molar-refractivity contribution is 0.177. The lowest BCUT2D eigenvalue weighted by Gasteiger charge is -2.38. The number of rotatable bonds is 16. The summed E-state index contributed by atoms with van der Waals surface area (Å²) in [6.07, 6.45) is 31.8. The maximum Gasteiger partial charge on any atom is -0.0162 e. The van der Waals surface area contributed by atoms with Crippen LogP contribution in [0.15, 0.2) is 24.3 Å². The van der Waals surface area contributed by atoms with Gasteiger partial charge in [0.2, 0.25) is 0 Å². The van der Waals surface area contributed by atoms with Gasteiger partial charge in [-0.05, 0) is 79.2 Å². The average Bonchev–Trinajstić information content (AvgIpc) is 2.89. The molecule has 35 heavy (non-hydrogen) atoms. The molecule has 2 fully saturated rings. The van der Waals surface area contributed by atoms with E-state index in [9.17, 15) is 0 Å². The summed E-state index contributed by atoms with van der Waals surface area (Å²) in [5, 5.41) is 0. The Labute approximate surface area is 220 Å². The van der Waals surface area contributed by atoms with Gasteiger partial charge in [0.05, 0.1) is 0 Å². The molecule has 0 atom stereocenters. The quantitative estimate of drug-likeness (QED) is 0.206. The zero-order valence-electron chi connectivity index (χ0n) is 24.1. The second kappa shape index (κ2) is 16.1. The molecule has 0 radical (unpaired) electrons. The summed E-state index contributed by atoms with van der Waals surface area (Å²) < 4.78 is 0. The fourth-order valence-corrected chi connectivity index (χ4v) is 7.23. The summed E-state index contributed by atoms with van der Waals surface area (Å²) in [4.78, 5) is 0. The summed E-state index contributed by atoms with van der Waals surface area (Å²) in [5.41, 5.74) is 3.83. The first-order valence-corrected chi connectivity index (χ1v) is 16.2. The van der Waals surface area contributed by atoms with Gasteiger partial charge in [-0.25, -0.2) is 0 Å². The van der Waals surface area contributed by atoms with Crippen LogP contribution in [0.2, 0.25) is 0 Å². The molecule has 2 aliphatic carbocycles. The van der Waals surface area contributed by atoms with Gasteiger partial charge in [-0.15, -0.1) is 0 Å². The lowest BCUT2D eigenvalue weighted by atomic mass is 9.68. The molecule has 0 heterocycles. The Morgan fingerprint density at radius 2 is 1.17 bits per heavy atom. The molecule has 3 rings (SSSR count). The summed E-state index contributed by atoms with van der Waals surface area (Å²) in [5.74, 6) is 2.85. The Kier molecular flexibility index (Phi) is 13.3. The van der Waals surface area contributed by atoms with E-state index in [1.54, 1.807) is 11.1 Å². The van der Waals surface area contributed by atoms with E-state index in [-0.39, 0.29) is 0 Å². The summed E-state index contributed by atoms with van der Waals surface area (Å²) in [7, 11) is 0. The van der Waals surface area contributed by atoms with Crippen LogP contribution >= 0.6 is 0 Å². The number of hydrogen-bond acceptors (Lipinski definition) is 0. The van der Waals surface area contributed by atoms with Crippen LogP contribution in [0.3, 0.4) is 0 Å². The third kappa shape index (κ3) is 10.6. The summed E-state index contributed by atoms with van der Waals surface area (Å²) in [6, 6.07) is 9.92. The Morgan fingerprint density at radius 1 is 0.629 bits per heavy atom. The van der Waals surface area contributed by atoms with Crippen molar-refractivity contribution >= 4 is 0 Å². The Morgan fingerprint density at radius 3 is 1.77 bits per heavy atom. The van der Waals surface area contributed by atoms with E-state index >= 15 is 0 Å². The molecule has 0 saturated heterocycles. The van der Waals surface area contributed by atoms with Crippen molar-refractivity contribution in [2.45, 2.75) is 168 Å². The van der Waals surface area contributed by atoms with Gasteiger partial charge in [0.25, 0.3) is 0 Å². The number of unbranched alkanes of at least 4 members (excludes halogenated alkanes) is 8. The summed E-state index contributed by atoms with van der Waals surface area (Å²) in [6.45, 7) is 7.21. The zero-order valence-corrected chi connectivity index (χ0v) is 24.1. The van der Waals surface area contributed by atoms with Crippen LogP contribution in [0.5, 0.6) is 0 Å². The van der Waals surface area contributed by atoms with Gasteiger partial charge in [-0.3, -0.25) is 0 Å². The summed E-state index contributed by atoms with van der Waals surface area (Å²) >= 11 is 0. The van der Waals surface area contributed by atoms with Crippen molar-refractivity contribution < 1.29 is 0 Å². The van der Waals surface area contributed by atoms with Crippen molar-refractivity contribution in [3.05, 3.63) is 35.4 Å². The maximum atomic E-state index is 2.58. The number of aryl methyl sites for hydroxylation is 1. The molecule has 0 aliphatic heterocycles. The minimum Gasteiger partial charge on any atom is -0.0654 e. The molecule has 0 bridgehead atoms. The number of benzene rings is 1. The minimum absolute atomic E-state index is 0.622. The van der Waals surface area contributed by atoms with E-state index < -0.39 is 0 Å². The molecule has 0 amide bonds. The van der Waals surface area contributed by atoms with Gasteiger partial charge in [0, 0.05) is 0 Å². The molecule has 0 spiro atoms. The monoisotopic (exact) mass is 480 g/mol. The van der Waals surface area contributed by atoms with Gasteiger partial charge < -0.3 is 0 Å². The fourth-order valence-electron chi connectivity index (χ4n) is 7.23. The SMILES string of the molecule is CCCCCCCC1(C)CCC(c2ccc(CC[C@H]3CC[C@H](CCCCCCC)CC3)cc2)CC1. The molecule has 2 saturated carbocycles. The molecular formula is C35H60. The van der Waals surface area contributed by atoms with Crippen molar-refractivity contribution in [1.82, 2.24) is 0 Å². The van der Waals surface area contributed by atoms with Crippen molar-refractivity contribution in [3.63, 3.8) is 0 Å². The highest BCUT2D eigenvalue weighted by atomic mass is 14.4. The molecule has 0 aromatic heterocycles. The molecule has 0 N–H and O–H groups in total. The Bertz CT molecular complexity index is 639. The molecule has 0 nitrogen and oxygen atoms in total. The third-order valence-corrected chi connectivity index (χ3v) is 10.1. The molecule has 2 aliphatic rings. The topological polar surface area (TPSA) is 0 Å². The standard InChI is InChI=1S/C35H60/c1-4-6-8-10-12-14-30-15-17-31(18-16-30)19-20-32-21-23-33(24-22-32)34-25-28-35(3,29-26-34)27-13-11-9-7-5-2/h21-24,30-31,34H,4-20,25-29H2,1-3H3/t30-,31-,34?,35?. The first kappa shape index (κ1) is 28.8. The highest BCUT2D eigenvalue weighted by Crippen LogP contribution is 2.45. The van der Waals surface area contributed by atoms with Crippen LogP contribution in [0.1, 0.15) is 173 Å². The van der Waals surface area contributed by atoms with Crippen molar-refractivity contribution in [1.29, 1.82) is 0 Å². The predicted molar refractivity (Wildman–Crippen MR) is 156 cm³/mol. The second-order valence-electron chi connectivity index (χ2n) is 13.1. The Balaban J connectivity index is 1.29. The van der Waals surface area contributed by atoms with E-state index in [4.69, 9.17) is 0 Å². The van der Waals surface area contributed by atoms with Crippen LogP contribution in [0, 0.1) is 17.3 Å². The van der Waals surface area contributed by atoms with E-state index in [0.717, 1.165) is 17.8 Å². The smallest absolute Gasteiger partial charge is 0.0162 e. The highest BCUT2D eigenvalue weighted by molar-refractivity contribution is 5.26. The van der Waals surface area contributed by atoms with Gasteiger partial charge >= 0.3 is 0 Å². The largest absolute Gasteiger partial charge is 0.0654 e. The van der Waals surface area contributed by atoms with Crippen molar-refractivity contribution in [2.75, 3.05) is 0 Å². The average molecular weight is 481 g/mol. The van der Waals surface area contributed by atoms with Crippen LogP contribution in [0.25, 0.3) is 0 Å². The van der Waals surface area contributed by atoms with Crippen LogP contribution in [-0.4, -0.2) is 0 Å². The van der Waals surface area contributed by atoms with E-state index in [0.29, 0.717) is 5.41 Å². The van der Waals surface area contributed by atoms with Gasteiger partial charge in [-0.2, -0.15) is 0 Å². The number of hydrogen-bond donors (Lipinski definition) is 0. The predicted octanol–water partition coefficient (Wildman–Crippen LogP) is 11.8. The fraction of sp³-hybridized carbons (Fsp3) is 0.829. The van der Waals surface area contributed by atoms with Crippen LogP contribution in [-0.2, 0) is 6.42 Å². The minimum atomic E-state index is 0.622. The van der Waals surface area contributed by atoms with Gasteiger partial charge in [0.15, 0.2) is 0 Å². The highest BCUT2D eigenvalue weighted by Gasteiger charge is 2.31. The molecule has 1 aromatic rings. The molecule has 1 aromatic carbocycles. The van der Waals surface area contributed by atoms with E-state index in [2.05, 4.69) is 45.0 Å². The van der Waals surface area contributed by atoms with Crippen LogP contribution in [0.4, 0.5) is 0 Å². The van der Waals surface area contributed by atoms with Crippen molar-refractivity contribution in [2.24, 2.45) is 17.3 Å². The van der Waals surface area contributed by atoms with E-state index in [1.807, 2.05) is 0 Å². The molecule has 0 unspecified atom stereocenters. The second-order valence-corrected chi connectivity index (χ2v) is 13.1. The van der Waals surface area contributed by atoms with Gasteiger partial charge in [-0.1, -0.05) is 141 Å². The van der Waals surface area contributed by atoms with Crippen molar-refractivity contribution in [3.8, 4) is 0 Å². The lowest BCUT2D eigenvalue weighted by Crippen LogP contribution is -2.23. The zero-order chi connectivity index (χ0) is 24.8. The molecule has 0 heteroatoms. The third-order valence-electron chi connectivity index (χ3n) is 10.1. The molecular weight excluding hydrogens is 420 g/mol. The van der Waals surface area contributed by atoms with E-state index in [1.165, 1.54) is 141 Å². The first-order valence-electron chi connectivity index (χ1n) is 16.2. The normalized spacial score (nSPS) is 27.2. The molecule has 200 valence electrons. The van der Waals surface area contributed by atoms with Gasteiger partial charge in [0.1, 0.15) is 0 Å². The van der Waals surface area contributed by atoms with Crippen LogP contribution < -0.4 is 0 Å². The first-order chi connectivity index (χ1) is 17.1. The Hall–Kier alpha value is -0.780. The maximum absolute atomic E-state index is 2.58.